The van der Waals surface area contributed by atoms with E-state index in [0.29, 0.717) is 19.3 Å². The standard InChI is InChI=1S/C58H102O6/c1-4-7-10-13-16-19-22-25-28-31-33-36-39-42-45-48-51-57(60)63-54-55(64-58(61)52-49-46-43-40-37-34-30-27-24-21-18-15-12-9-6-3)53-62-56(59)50-47-44-41-38-35-32-29-26-23-20-17-14-11-8-5-2/h9,12,18,21,26-31,55H,4-8,10-11,13-17,19-20,22-25,32-54H2,1-3H3/b12-9-,21-18-,29-26-,30-27-,31-28-. The second-order valence-electron chi connectivity index (χ2n) is 18.1. The molecular weight excluding hydrogens is 793 g/mol. The Kier molecular flexibility index (Phi) is 50.4. The van der Waals surface area contributed by atoms with E-state index in [-0.39, 0.29) is 31.1 Å². The van der Waals surface area contributed by atoms with E-state index in [1.54, 1.807) is 0 Å². The largest absolute Gasteiger partial charge is 0.462 e. The van der Waals surface area contributed by atoms with Crippen LogP contribution in [0.3, 0.4) is 0 Å². The number of hydrogen-bond acceptors (Lipinski definition) is 6. The van der Waals surface area contributed by atoms with Gasteiger partial charge in [-0.2, -0.15) is 0 Å². The van der Waals surface area contributed by atoms with E-state index in [0.717, 1.165) is 109 Å². The van der Waals surface area contributed by atoms with Crippen molar-refractivity contribution in [2.24, 2.45) is 0 Å². The molecule has 370 valence electrons. The highest BCUT2D eigenvalue weighted by molar-refractivity contribution is 5.71. The van der Waals surface area contributed by atoms with Crippen molar-refractivity contribution in [2.75, 3.05) is 13.2 Å². The molecule has 0 rings (SSSR count). The fourth-order valence-electron chi connectivity index (χ4n) is 7.62. The second-order valence-corrected chi connectivity index (χ2v) is 18.1. The summed E-state index contributed by atoms with van der Waals surface area (Å²) in [4.78, 5) is 38.1. The van der Waals surface area contributed by atoms with Crippen molar-refractivity contribution < 1.29 is 28.6 Å². The van der Waals surface area contributed by atoms with Crippen LogP contribution in [0, 0.1) is 0 Å². The topological polar surface area (TPSA) is 78.9 Å². The van der Waals surface area contributed by atoms with Crippen LogP contribution in [0.1, 0.15) is 271 Å². The number of carbonyl (C=O) groups is 3. The molecule has 0 amide bonds. The van der Waals surface area contributed by atoms with Crippen molar-refractivity contribution in [1.29, 1.82) is 0 Å². The summed E-state index contributed by atoms with van der Waals surface area (Å²) >= 11 is 0. The van der Waals surface area contributed by atoms with Gasteiger partial charge in [-0.1, -0.05) is 210 Å². The third-order valence-electron chi connectivity index (χ3n) is 11.7. The van der Waals surface area contributed by atoms with Crippen LogP contribution < -0.4 is 0 Å². The quantitative estimate of drug-likeness (QED) is 0.0262. The molecule has 1 unspecified atom stereocenters. The van der Waals surface area contributed by atoms with E-state index in [4.69, 9.17) is 14.2 Å². The number of esters is 3. The van der Waals surface area contributed by atoms with Gasteiger partial charge in [0.25, 0.3) is 0 Å². The van der Waals surface area contributed by atoms with Gasteiger partial charge in [0.1, 0.15) is 13.2 Å². The molecule has 0 aromatic rings. The fourth-order valence-corrected chi connectivity index (χ4v) is 7.62. The molecule has 1 atom stereocenters. The number of hydrogen-bond donors (Lipinski definition) is 0. The van der Waals surface area contributed by atoms with Gasteiger partial charge in [0.05, 0.1) is 0 Å². The van der Waals surface area contributed by atoms with Crippen LogP contribution >= 0.6 is 0 Å². The highest BCUT2D eigenvalue weighted by atomic mass is 16.6. The van der Waals surface area contributed by atoms with Crippen LogP contribution in [0.2, 0.25) is 0 Å². The summed E-state index contributed by atoms with van der Waals surface area (Å²) < 4.78 is 16.8. The number of carbonyl (C=O) groups excluding carboxylic acids is 3. The van der Waals surface area contributed by atoms with Gasteiger partial charge < -0.3 is 14.2 Å². The summed E-state index contributed by atoms with van der Waals surface area (Å²) in [7, 11) is 0. The summed E-state index contributed by atoms with van der Waals surface area (Å²) in [5.41, 5.74) is 0. The molecule has 0 N–H and O–H groups in total. The van der Waals surface area contributed by atoms with Crippen LogP contribution in [-0.2, 0) is 28.6 Å². The zero-order valence-electron chi connectivity index (χ0n) is 42.3. The molecule has 0 aliphatic heterocycles. The minimum atomic E-state index is -0.789. The van der Waals surface area contributed by atoms with E-state index < -0.39 is 6.10 Å². The molecule has 0 fully saturated rings. The van der Waals surface area contributed by atoms with E-state index >= 15 is 0 Å². The van der Waals surface area contributed by atoms with Gasteiger partial charge in [0, 0.05) is 19.3 Å². The normalized spacial score (nSPS) is 12.5. The van der Waals surface area contributed by atoms with Gasteiger partial charge in [-0.05, 0) is 103 Å². The molecule has 0 aromatic carbocycles. The lowest BCUT2D eigenvalue weighted by Gasteiger charge is -2.18. The van der Waals surface area contributed by atoms with E-state index in [1.807, 2.05) is 0 Å². The monoisotopic (exact) mass is 895 g/mol. The Bertz CT molecular complexity index is 1170. The maximum absolute atomic E-state index is 12.8. The van der Waals surface area contributed by atoms with Gasteiger partial charge >= 0.3 is 17.9 Å². The summed E-state index contributed by atoms with van der Waals surface area (Å²) in [6, 6.07) is 0. The van der Waals surface area contributed by atoms with Crippen LogP contribution in [0.15, 0.2) is 60.8 Å². The van der Waals surface area contributed by atoms with Crippen molar-refractivity contribution in [3.05, 3.63) is 60.8 Å². The SMILES string of the molecule is CC/C=C\C/C=C\C/C=C\CCCCCCCC(=O)OC(COC(=O)CCCCCCC/C=C\CCCCCCCC)COC(=O)CCCCCCC/C=C\CCCCCCCCC. The first-order valence-electron chi connectivity index (χ1n) is 27.3. The molecule has 6 nitrogen and oxygen atoms in total. The Labute approximate surface area is 396 Å². The number of unbranched alkanes of at least 4 members (excludes halogenated alkanes) is 28. The third-order valence-corrected chi connectivity index (χ3v) is 11.7. The zero-order valence-corrected chi connectivity index (χ0v) is 42.3. The zero-order chi connectivity index (χ0) is 46.5. The minimum absolute atomic E-state index is 0.0876. The number of rotatable bonds is 49. The van der Waals surface area contributed by atoms with Gasteiger partial charge in [-0.15, -0.1) is 0 Å². The predicted octanol–water partition coefficient (Wildman–Crippen LogP) is 18.0. The van der Waals surface area contributed by atoms with E-state index in [2.05, 4.69) is 81.5 Å². The lowest BCUT2D eigenvalue weighted by molar-refractivity contribution is -0.167. The lowest BCUT2D eigenvalue weighted by Crippen LogP contribution is -2.30. The van der Waals surface area contributed by atoms with E-state index in [9.17, 15) is 14.4 Å². The molecular formula is C58H102O6. The Hall–Kier alpha value is -2.89. The van der Waals surface area contributed by atoms with Crippen LogP contribution in [-0.4, -0.2) is 37.2 Å². The second kappa shape index (κ2) is 52.7. The van der Waals surface area contributed by atoms with Crippen molar-refractivity contribution in [3.63, 3.8) is 0 Å². The minimum Gasteiger partial charge on any atom is -0.462 e. The van der Waals surface area contributed by atoms with Crippen molar-refractivity contribution in [2.45, 2.75) is 277 Å². The summed E-state index contributed by atoms with van der Waals surface area (Å²) in [5, 5.41) is 0. The first-order valence-corrected chi connectivity index (χ1v) is 27.3. The average Bonchev–Trinajstić information content (AvgIpc) is 3.29. The van der Waals surface area contributed by atoms with Gasteiger partial charge in [0.15, 0.2) is 6.10 Å². The van der Waals surface area contributed by atoms with Crippen LogP contribution in [0.4, 0.5) is 0 Å². The molecule has 6 heteroatoms. The maximum Gasteiger partial charge on any atom is 0.306 e. The summed E-state index contributed by atoms with van der Waals surface area (Å²) in [6.45, 7) is 6.51. The molecule has 0 saturated carbocycles. The lowest BCUT2D eigenvalue weighted by atomic mass is 10.1. The van der Waals surface area contributed by atoms with Gasteiger partial charge in [-0.3, -0.25) is 14.4 Å². The molecule has 0 aliphatic rings. The predicted molar refractivity (Wildman–Crippen MR) is 275 cm³/mol. The average molecular weight is 895 g/mol. The Morgan fingerprint density at radius 3 is 0.969 bits per heavy atom. The van der Waals surface area contributed by atoms with Gasteiger partial charge in [-0.25, -0.2) is 0 Å². The third kappa shape index (κ3) is 50.1. The van der Waals surface area contributed by atoms with Crippen LogP contribution in [0.25, 0.3) is 0 Å². The summed E-state index contributed by atoms with van der Waals surface area (Å²) in [5.74, 6) is -0.914. The highest BCUT2D eigenvalue weighted by Gasteiger charge is 2.19. The van der Waals surface area contributed by atoms with Crippen molar-refractivity contribution >= 4 is 17.9 Å². The molecule has 0 spiro atoms. The van der Waals surface area contributed by atoms with Crippen LogP contribution in [0.5, 0.6) is 0 Å². The molecule has 64 heavy (non-hydrogen) atoms. The first-order chi connectivity index (χ1) is 31.5. The molecule has 0 saturated heterocycles. The van der Waals surface area contributed by atoms with Gasteiger partial charge in [0.2, 0.25) is 0 Å². The molecule has 0 aromatic heterocycles. The van der Waals surface area contributed by atoms with Crippen molar-refractivity contribution in [1.82, 2.24) is 0 Å². The molecule has 0 bridgehead atoms. The summed E-state index contributed by atoms with van der Waals surface area (Å²) in [6.07, 6.45) is 64.9. The molecule has 0 aliphatic carbocycles. The number of allylic oxidation sites excluding steroid dienone is 10. The smallest absolute Gasteiger partial charge is 0.306 e. The van der Waals surface area contributed by atoms with E-state index in [1.165, 1.54) is 122 Å². The Balaban J connectivity index is 4.42. The maximum atomic E-state index is 12.8. The Morgan fingerprint density at radius 1 is 0.328 bits per heavy atom. The number of ether oxygens (including phenoxy) is 3. The molecule has 0 radical (unpaired) electrons. The fraction of sp³-hybridized carbons (Fsp3) is 0.776. The highest BCUT2D eigenvalue weighted by Crippen LogP contribution is 2.14. The molecule has 0 heterocycles. The van der Waals surface area contributed by atoms with Crippen molar-refractivity contribution in [3.8, 4) is 0 Å². The first kappa shape index (κ1) is 61.1. The Morgan fingerprint density at radius 2 is 0.609 bits per heavy atom.